The molecular formula is C19H19F3N2O2. The van der Waals surface area contributed by atoms with Crippen LogP contribution in [0.1, 0.15) is 24.4 Å². The highest BCUT2D eigenvalue weighted by Crippen LogP contribution is 2.30. The molecular weight excluding hydrogens is 345 g/mol. The number of hydrogen-bond acceptors (Lipinski definition) is 3. The molecule has 0 aliphatic rings. The zero-order valence-electron chi connectivity index (χ0n) is 14.7. The molecule has 0 aliphatic carbocycles. The van der Waals surface area contributed by atoms with Crippen molar-refractivity contribution in [1.29, 1.82) is 0 Å². The van der Waals surface area contributed by atoms with Crippen LogP contribution in [0, 0.1) is 6.92 Å². The van der Waals surface area contributed by atoms with Crippen LogP contribution < -0.4 is 9.47 Å². The first-order chi connectivity index (χ1) is 12.3. The van der Waals surface area contributed by atoms with Gasteiger partial charge < -0.3 is 14.0 Å². The Hall–Kier alpha value is -2.70. The van der Waals surface area contributed by atoms with Crippen molar-refractivity contribution in [3.8, 4) is 11.5 Å². The molecule has 0 saturated carbocycles. The molecule has 0 spiro atoms. The average Bonchev–Trinajstić information content (AvgIpc) is 2.93. The minimum Gasteiger partial charge on any atom is -0.497 e. The van der Waals surface area contributed by atoms with Crippen LogP contribution in [-0.2, 0) is 0 Å². The second-order valence-corrected chi connectivity index (χ2v) is 6.08. The first-order valence-corrected chi connectivity index (χ1v) is 8.09. The van der Waals surface area contributed by atoms with Crippen molar-refractivity contribution in [3.63, 3.8) is 0 Å². The zero-order chi connectivity index (χ0) is 18.9. The largest absolute Gasteiger partial charge is 0.497 e. The van der Waals surface area contributed by atoms with E-state index in [0.717, 1.165) is 28.0 Å². The summed E-state index contributed by atoms with van der Waals surface area (Å²) in [4.78, 5) is 4.28. The highest BCUT2D eigenvalue weighted by atomic mass is 19.4. The third kappa shape index (κ3) is 3.76. The molecule has 0 saturated heterocycles. The lowest BCUT2D eigenvalue weighted by atomic mass is 10.2. The number of rotatable bonds is 5. The van der Waals surface area contributed by atoms with Crippen LogP contribution in [0.4, 0.5) is 13.2 Å². The van der Waals surface area contributed by atoms with Gasteiger partial charge in [0.25, 0.3) is 0 Å². The van der Waals surface area contributed by atoms with Gasteiger partial charge in [-0.1, -0.05) is 0 Å². The van der Waals surface area contributed by atoms with Gasteiger partial charge in [-0.15, -0.1) is 0 Å². The molecule has 0 fully saturated rings. The number of methoxy groups -OCH3 is 1. The van der Waals surface area contributed by atoms with Gasteiger partial charge in [0.15, 0.2) is 6.61 Å². The van der Waals surface area contributed by atoms with Gasteiger partial charge in [0.1, 0.15) is 11.5 Å². The third-order valence-electron chi connectivity index (χ3n) is 4.22. The number of hydrogen-bond donors (Lipinski definition) is 0. The van der Waals surface area contributed by atoms with Crippen molar-refractivity contribution in [2.45, 2.75) is 26.1 Å². The molecule has 0 amide bonds. The molecule has 3 rings (SSSR count). The molecule has 0 radical (unpaired) electrons. The maximum Gasteiger partial charge on any atom is 0.422 e. The maximum absolute atomic E-state index is 12.2. The minimum atomic E-state index is -4.37. The third-order valence-corrected chi connectivity index (χ3v) is 4.22. The number of halogens is 3. The van der Waals surface area contributed by atoms with Crippen molar-refractivity contribution in [1.82, 2.24) is 9.55 Å². The van der Waals surface area contributed by atoms with E-state index in [1.54, 1.807) is 13.2 Å². The lowest BCUT2D eigenvalue weighted by Gasteiger charge is -2.18. The summed E-state index contributed by atoms with van der Waals surface area (Å²) >= 11 is 0. The van der Waals surface area contributed by atoms with E-state index in [0.29, 0.717) is 0 Å². The molecule has 0 aliphatic heterocycles. The second-order valence-electron chi connectivity index (χ2n) is 6.08. The van der Waals surface area contributed by atoms with E-state index < -0.39 is 12.8 Å². The quantitative estimate of drug-likeness (QED) is 0.646. The van der Waals surface area contributed by atoms with Crippen LogP contribution in [-0.4, -0.2) is 29.4 Å². The molecule has 2 heterocycles. The normalized spacial score (nSPS) is 13.0. The summed E-state index contributed by atoms with van der Waals surface area (Å²) in [6, 6.07) is 11.0. The van der Waals surface area contributed by atoms with Crippen LogP contribution >= 0.6 is 0 Å². The number of fused-ring (bicyclic) bond motifs is 1. The minimum absolute atomic E-state index is 0.0856. The highest BCUT2D eigenvalue weighted by Gasteiger charge is 2.28. The van der Waals surface area contributed by atoms with E-state index >= 15 is 0 Å². The van der Waals surface area contributed by atoms with Crippen molar-refractivity contribution in [2.75, 3.05) is 13.7 Å². The maximum atomic E-state index is 12.2. The number of aryl methyl sites for hydroxylation is 1. The summed E-state index contributed by atoms with van der Waals surface area (Å²) in [5, 5.41) is 1.05. The molecule has 1 atom stereocenters. The van der Waals surface area contributed by atoms with Gasteiger partial charge in [0, 0.05) is 16.6 Å². The Morgan fingerprint density at radius 1 is 1.12 bits per heavy atom. The van der Waals surface area contributed by atoms with Crippen molar-refractivity contribution >= 4 is 10.9 Å². The van der Waals surface area contributed by atoms with Gasteiger partial charge >= 0.3 is 6.18 Å². The molecule has 0 bridgehead atoms. The summed E-state index contributed by atoms with van der Waals surface area (Å²) in [6.45, 7) is 2.67. The Kier molecular flexibility index (Phi) is 4.80. The molecule has 3 aromatic rings. The Labute approximate surface area is 149 Å². The fourth-order valence-corrected chi connectivity index (χ4v) is 3.01. The zero-order valence-corrected chi connectivity index (χ0v) is 14.7. The molecule has 2 aromatic heterocycles. The standard InChI is InChI=1S/C19H19F3N2O2/c1-12-8-14-9-15(25-3)5-7-18(14)24(12)13(2)17-6-4-16(10-23-17)26-11-19(20,21)22/h4-10,13H,11H2,1-3H3/t13-/m1/s1. The Bertz CT molecular complexity index is 902. The second kappa shape index (κ2) is 6.90. The number of aromatic nitrogens is 2. The van der Waals surface area contributed by atoms with E-state index in [2.05, 4.69) is 15.6 Å². The van der Waals surface area contributed by atoms with E-state index in [4.69, 9.17) is 9.47 Å². The van der Waals surface area contributed by atoms with E-state index in [1.807, 2.05) is 32.0 Å². The summed E-state index contributed by atoms with van der Waals surface area (Å²) < 4.78 is 48.8. The van der Waals surface area contributed by atoms with Gasteiger partial charge in [-0.05, 0) is 50.2 Å². The van der Waals surface area contributed by atoms with Crippen molar-refractivity contribution in [3.05, 3.63) is 54.0 Å². The summed E-state index contributed by atoms with van der Waals surface area (Å²) in [5.74, 6) is 0.878. The lowest BCUT2D eigenvalue weighted by Crippen LogP contribution is -2.19. The summed E-state index contributed by atoms with van der Waals surface area (Å²) in [7, 11) is 1.62. The van der Waals surface area contributed by atoms with E-state index in [9.17, 15) is 13.2 Å². The first-order valence-electron chi connectivity index (χ1n) is 8.09. The summed E-state index contributed by atoms with van der Waals surface area (Å²) in [5.41, 5.74) is 2.83. The Morgan fingerprint density at radius 3 is 2.46 bits per heavy atom. The number of ether oxygens (including phenoxy) is 2. The van der Waals surface area contributed by atoms with Crippen molar-refractivity contribution in [2.24, 2.45) is 0 Å². The SMILES string of the molecule is COc1ccc2c(c1)cc(C)n2[C@H](C)c1ccc(OCC(F)(F)F)cn1. The fourth-order valence-electron chi connectivity index (χ4n) is 3.01. The molecule has 7 heteroatoms. The number of nitrogens with zero attached hydrogens (tertiary/aromatic N) is 2. The van der Waals surface area contributed by atoms with Crippen LogP contribution in [0.2, 0.25) is 0 Å². The molecule has 4 nitrogen and oxygen atoms in total. The highest BCUT2D eigenvalue weighted by molar-refractivity contribution is 5.83. The van der Waals surface area contributed by atoms with Crippen LogP contribution in [0.5, 0.6) is 11.5 Å². The van der Waals surface area contributed by atoms with Crippen LogP contribution in [0.25, 0.3) is 10.9 Å². The lowest BCUT2D eigenvalue weighted by molar-refractivity contribution is -0.153. The first kappa shape index (κ1) is 18.1. The predicted molar refractivity (Wildman–Crippen MR) is 92.8 cm³/mol. The van der Waals surface area contributed by atoms with Crippen molar-refractivity contribution < 1.29 is 22.6 Å². The smallest absolute Gasteiger partial charge is 0.422 e. The monoisotopic (exact) mass is 364 g/mol. The van der Waals surface area contributed by atoms with Gasteiger partial charge in [0.05, 0.1) is 25.0 Å². The average molecular weight is 364 g/mol. The van der Waals surface area contributed by atoms with E-state index in [-0.39, 0.29) is 11.8 Å². The van der Waals surface area contributed by atoms with Crippen LogP contribution in [0.15, 0.2) is 42.6 Å². The summed E-state index contributed by atoms with van der Waals surface area (Å²) in [6.07, 6.45) is -3.05. The van der Waals surface area contributed by atoms with E-state index in [1.165, 1.54) is 12.3 Å². The predicted octanol–water partition coefficient (Wildman–Crippen LogP) is 4.90. The topological polar surface area (TPSA) is 36.3 Å². The molecule has 26 heavy (non-hydrogen) atoms. The van der Waals surface area contributed by atoms with Crippen LogP contribution in [0.3, 0.4) is 0 Å². The molecule has 0 unspecified atom stereocenters. The molecule has 138 valence electrons. The molecule has 1 aromatic carbocycles. The van der Waals surface area contributed by atoms with Gasteiger partial charge in [-0.2, -0.15) is 13.2 Å². The Morgan fingerprint density at radius 2 is 1.85 bits per heavy atom. The number of pyridine rings is 1. The Balaban J connectivity index is 1.86. The van der Waals surface area contributed by atoms with Gasteiger partial charge in [0.2, 0.25) is 0 Å². The number of alkyl halides is 3. The van der Waals surface area contributed by atoms with Gasteiger partial charge in [-0.3, -0.25) is 4.98 Å². The fraction of sp³-hybridized carbons (Fsp3) is 0.316. The molecule has 0 N–H and O–H groups in total. The van der Waals surface area contributed by atoms with Gasteiger partial charge in [-0.25, -0.2) is 0 Å². The number of benzene rings is 1.